The monoisotopic (exact) mass is 415 g/mol. The quantitative estimate of drug-likeness (QED) is 0.804. The molecule has 5 nitrogen and oxygen atoms in total. The number of nitrogens with zero attached hydrogens (tertiary/aromatic N) is 1. The predicted molar refractivity (Wildman–Crippen MR) is 78.6 cm³/mol. The van der Waals surface area contributed by atoms with Crippen molar-refractivity contribution in [1.82, 2.24) is 4.90 Å². The molecule has 0 atom stereocenters. The Hall–Kier alpha value is -1.29. The number of sulfone groups is 1. The molecule has 1 aliphatic rings. The molecular formula is C13H13BrF3NO4S. The van der Waals surface area contributed by atoms with E-state index in [0.29, 0.717) is 4.90 Å². The van der Waals surface area contributed by atoms with Crippen LogP contribution < -0.4 is 0 Å². The zero-order chi connectivity index (χ0) is 17.4. The Labute approximate surface area is 139 Å². The van der Waals surface area contributed by atoms with Crippen LogP contribution in [0, 0.1) is 0 Å². The van der Waals surface area contributed by atoms with Gasteiger partial charge in [0.2, 0.25) is 0 Å². The molecule has 1 aromatic rings. The van der Waals surface area contributed by atoms with Gasteiger partial charge in [0, 0.05) is 13.1 Å². The van der Waals surface area contributed by atoms with Crippen molar-refractivity contribution < 1.29 is 31.5 Å². The topological polar surface area (TPSA) is 74.7 Å². The number of alkyl halides is 3. The summed E-state index contributed by atoms with van der Waals surface area (Å²) < 4.78 is 62.3. The Morgan fingerprint density at radius 3 is 2.30 bits per heavy atom. The average molecular weight is 416 g/mol. The van der Waals surface area contributed by atoms with Gasteiger partial charge in [-0.15, -0.1) is 0 Å². The second kappa shape index (κ2) is 6.31. The number of benzene rings is 1. The van der Waals surface area contributed by atoms with E-state index in [1.54, 1.807) is 0 Å². The zero-order valence-electron chi connectivity index (χ0n) is 11.7. The minimum Gasteiger partial charge on any atom is -0.507 e. The summed E-state index contributed by atoms with van der Waals surface area (Å²) in [7, 11) is -3.75. The van der Waals surface area contributed by atoms with Gasteiger partial charge in [-0.1, -0.05) is 0 Å². The third kappa shape index (κ3) is 3.79. The lowest BCUT2D eigenvalue weighted by atomic mass is 10.1. The van der Waals surface area contributed by atoms with Gasteiger partial charge in [0.15, 0.2) is 9.84 Å². The number of carbonyl (C=O) groups is 1. The van der Waals surface area contributed by atoms with Crippen molar-refractivity contribution in [3.63, 3.8) is 0 Å². The van der Waals surface area contributed by atoms with Gasteiger partial charge in [-0.25, -0.2) is 8.42 Å². The SMILES string of the molecule is O=C(N1CCC(S(=O)(=O)c2ccc(O)c(Br)c2)CC1)C(F)(F)F. The standard InChI is InChI=1S/C13H13BrF3NO4S/c14-10-7-9(1-2-11(10)19)23(21,22)8-3-5-18(6-4-8)12(20)13(15,16)17/h1-2,7-8,19H,3-6H2. The Kier molecular flexibility index (Phi) is 4.95. The zero-order valence-corrected chi connectivity index (χ0v) is 14.1. The Morgan fingerprint density at radius 2 is 1.83 bits per heavy atom. The van der Waals surface area contributed by atoms with Crippen LogP contribution in [0.15, 0.2) is 27.6 Å². The highest BCUT2D eigenvalue weighted by Gasteiger charge is 2.44. The molecule has 10 heteroatoms. The Bertz CT molecular complexity index is 712. The summed E-state index contributed by atoms with van der Waals surface area (Å²) in [5.74, 6) is -2.06. The van der Waals surface area contributed by atoms with Crippen molar-refractivity contribution in [3.8, 4) is 5.75 Å². The number of halogens is 4. The summed E-state index contributed by atoms with van der Waals surface area (Å²) in [4.78, 5) is 11.7. The van der Waals surface area contributed by atoms with Crippen molar-refractivity contribution in [3.05, 3.63) is 22.7 Å². The maximum Gasteiger partial charge on any atom is 0.471 e. The number of hydrogen-bond acceptors (Lipinski definition) is 4. The minimum absolute atomic E-state index is 0.0252. The second-order valence-electron chi connectivity index (χ2n) is 5.15. The van der Waals surface area contributed by atoms with Gasteiger partial charge in [0.25, 0.3) is 0 Å². The average Bonchev–Trinajstić information content (AvgIpc) is 2.48. The fourth-order valence-electron chi connectivity index (χ4n) is 2.41. The largest absolute Gasteiger partial charge is 0.507 e. The number of phenols is 1. The molecule has 0 bridgehead atoms. The van der Waals surface area contributed by atoms with E-state index in [1.165, 1.54) is 18.2 Å². The van der Waals surface area contributed by atoms with Crippen molar-refractivity contribution in [2.45, 2.75) is 29.2 Å². The van der Waals surface area contributed by atoms with Crippen LogP contribution in [0.4, 0.5) is 13.2 Å². The summed E-state index contributed by atoms with van der Waals surface area (Å²) in [5, 5.41) is 8.53. The summed E-state index contributed by atoms with van der Waals surface area (Å²) >= 11 is 3.02. The first-order valence-corrected chi connectivity index (χ1v) is 8.96. The van der Waals surface area contributed by atoms with Gasteiger partial charge in [0.05, 0.1) is 14.6 Å². The molecular weight excluding hydrogens is 403 g/mol. The van der Waals surface area contributed by atoms with Crippen molar-refractivity contribution in [2.24, 2.45) is 0 Å². The first-order valence-electron chi connectivity index (χ1n) is 6.62. The van der Waals surface area contributed by atoms with Crippen LogP contribution >= 0.6 is 15.9 Å². The molecule has 128 valence electrons. The van der Waals surface area contributed by atoms with Gasteiger partial charge in [-0.2, -0.15) is 13.2 Å². The smallest absolute Gasteiger partial charge is 0.471 e. The summed E-state index contributed by atoms with van der Waals surface area (Å²) in [5.41, 5.74) is 0. The number of likely N-dealkylation sites (tertiary alicyclic amines) is 1. The number of carbonyl (C=O) groups excluding carboxylic acids is 1. The van der Waals surface area contributed by atoms with E-state index in [9.17, 15) is 31.5 Å². The first kappa shape index (κ1) is 18.1. The summed E-state index contributed by atoms with van der Waals surface area (Å²) in [6.45, 7) is -0.525. The molecule has 0 unspecified atom stereocenters. The molecule has 1 amide bonds. The van der Waals surface area contributed by atoms with Gasteiger partial charge in [-0.3, -0.25) is 4.79 Å². The molecule has 23 heavy (non-hydrogen) atoms. The maximum atomic E-state index is 12.5. The van der Waals surface area contributed by atoms with Crippen LogP contribution in [0.3, 0.4) is 0 Å². The van der Waals surface area contributed by atoms with Gasteiger partial charge in [-0.05, 0) is 47.0 Å². The third-order valence-electron chi connectivity index (χ3n) is 3.66. The molecule has 1 N–H and O–H groups in total. The molecule has 1 fully saturated rings. The lowest BCUT2D eigenvalue weighted by Gasteiger charge is -2.32. The van der Waals surface area contributed by atoms with Crippen LogP contribution in [0.25, 0.3) is 0 Å². The summed E-state index contributed by atoms with van der Waals surface area (Å²) in [6.07, 6.45) is -5.08. The van der Waals surface area contributed by atoms with Gasteiger partial charge in [0.1, 0.15) is 5.75 Å². The van der Waals surface area contributed by atoms with E-state index in [2.05, 4.69) is 15.9 Å². The highest BCUT2D eigenvalue weighted by molar-refractivity contribution is 9.10. The van der Waals surface area contributed by atoms with E-state index in [1.807, 2.05) is 0 Å². The predicted octanol–water partition coefficient (Wildman–Crippen LogP) is 2.48. The fourth-order valence-corrected chi connectivity index (χ4v) is 4.69. The molecule has 0 aromatic heterocycles. The van der Waals surface area contributed by atoms with E-state index in [0.717, 1.165) is 0 Å². The van der Waals surface area contributed by atoms with Crippen molar-refractivity contribution >= 4 is 31.7 Å². The molecule has 0 spiro atoms. The lowest BCUT2D eigenvalue weighted by Crippen LogP contribution is -2.47. The van der Waals surface area contributed by atoms with E-state index in [-0.39, 0.29) is 41.0 Å². The summed E-state index contributed by atoms with van der Waals surface area (Å²) in [6, 6.07) is 3.71. The number of amides is 1. The Morgan fingerprint density at radius 1 is 1.26 bits per heavy atom. The normalized spacial score (nSPS) is 17.3. The molecule has 1 saturated heterocycles. The van der Waals surface area contributed by atoms with Gasteiger partial charge >= 0.3 is 12.1 Å². The highest BCUT2D eigenvalue weighted by Crippen LogP contribution is 2.31. The maximum absolute atomic E-state index is 12.5. The number of phenolic OH excluding ortho intramolecular Hbond substituents is 1. The van der Waals surface area contributed by atoms with Crippen LogP contribution in [0.2, 0.25) is 0 Å². The van der Waals surface area contributed by atoms with E-state index in [4.69, 9.17) is 0 Å². The molecule has 0 saturated carbocycles. The molecule has 1 aromatic carbocycles. The fraction of sp³-hybridized carbons (Fsp3) is 0.462. The molecule has 2 rings (SSSR count). The van der Waals surface area contributed by atoms with Crippen LogP contribution in [0.1, 0.15) is 12.8 Å². The van der Waals surface area contributed by atoms with Crippen LogP contribution in [0.5, 0.6) is 5.75 Å². The van der Waals surface area contributed by atoms with E-state index >= 15 is 0 Å². The minimum atomic E-state index is -4.95. The lowest BCUT2D eigenvalue weighted by molar-refractivity contribution is -0.186. The first-order chi connectivity index (χ1) is 10.5. The molecule has 1 heterocycles. The number of hydrogen-bond donors (Lipinski definition) is 1. The Balaban J connectivity index is 2.12. The van der Waals surface area contributed by atoms with Crippen LogP contribution in [-0.2, 0) is 14.6 Å². The second-order valence-corrected chi connectivity index (χ2v) is 8.23. The number of rotatable bonds is 2. The molecule has 1 aliphatic heterocycles. The third-order valence-corrected chi connectivity index (χ3v) is 6.55. The van der Waals surface area contributed by atoms with Crippen molar-refractivity contribution in [1.29, 1.82) is 0 Å². The molecule has 0 radical (unpaired) electrons. The van der Waals surface area contributed by atoms with Crippen molar-refractivity contribution in [2.75, 3.05) is 13.1 Å². The highest BCUT2D eigenvalue weighted by atomic mass is 79.9. The molecule has 0 aliphatic carbocycles. The number of piperidine rings is 1. The number of aromatic hydroxyl groups is 1. The van der Waals surface area contributed by atoms with Crippen LogP contribution in [-0.4, -0.2) is 48.8 Å². The van der Waals surface area contributed by atoms with E-state index < -0.39 is 27.2 Å². The van der Waals surface area contributed by atoms with Gasteiger partial charge < -0.3 is 10.0 Å².